The van der Waals surface area contributed by atoms with Gasteiger partial charge in [-0.2, -0.15) is 0 Å². The molecule has 2 aromatic rings. The molecule has 0 unspecified atom stereocenters. The van der Waals surface area contributed by atoms with E-state index < -0.39 is 9.85 Å². The molecule has 0 heterocycles. The van der Waals surface area contributed by atoms with Crippen molar-refractivity contribution in [2.75, 3.05) is 0 Å². The fraction of sp³-hybridized carbons (Fsp3) is 0. The first kappa shape index (κ1) is 15.6. The van der Waals surface area contributed by atoms with E-state index in [0.717, 1.165) is 0 Å². The number of rotatable bonds is 4. The monoisotopic (exact) mass is 344 g/mol. The molecule has 0 radical (unpaired) electrons. The zero-order valence-electron chi connectivity index (χ0n) is 10.2. The largest absolute Gasteiger partial charge is 0.289 e. The van der Waals surface area contributed by atoms with Crippen LogP contribution in [0.1, 0.15) is 0 Å². The van der Waals surface area contributed by atoms with E-state index in [2.05, 4.69) is 0 Å². The van der Waals surface area contributed by atoms with E-state index in [9.17, 15) is 20.2 Å². The van der Waals surface area contributed by atoms with Crippen molar-refractivity contribution >= 4 is 46.3 Å². The van der Waals surface area contributed by atoms with Gasteiger partial charge < -0.3 is 0 Å². The Kier molecular flexibility index (Phi) is 4.66. The summed E-state index contributed by atoms with van der Waals surface area (Å²) in [6.45, 7) is 0. The molecule has 0 saturated carbocycles. The first-order valence-electron chi connectivity index (χ1n) is 5.45. The Morgan fingerprint density at radius 2 is 1.48 bits per heavy atom. The molecular weight excluding hydrogens is 339 g/mol. The molecule has 0 aliphatic heterocycles. The van der Waals surface area contributed by atoms with Crippen molar-refractivity contribution in [1.82, 2.24) is 0 Å². The van der Waals surface area contributed by atoms with Crippen LogP contribution in [-0.4, -0.2) is 9.85 Å². The quantitative estimate of drug-likeness (QED) is 0.577. The Balaban J connectivity index is 2.29. The van der Waals surface area contributed by atoms with Crippen molar-refractivity contribution in [2.24, 2.45) is 0 Å². The molecule has 2 rings (SSSR count). The SMILES string of the molecule is O=[N+]([O-])c1ccc(Sc2ccc([N+](=O)[O-])c(Cl)c2Cl)cc1. The number of benzene rings is 2. The number of nitrogens with zero attached hydrogens (tertiary/aromatic N) is 2. The number of non-ortho nitro benzene ring substituents is 1. The maximum absolute atomic E-state index is 10.7. The highest BCUT2D eigenvalue weighted by Gasteiger charge is 2.18. The molecule has 0 amide bonds. The van der Waals surface area contributed by atoms with Crippen molar-refractivity contribution in [3.05, 3.63) is 66.7 Å². The van der Waals surface area contributed by atoms with Crippen LogP contribution in [0.4, 0.5) is 11.4 Å². The van der Waals surface area contributed by atoms with Crippen LogP contribution in [0.25, 0.3) is 0 Å². The molecule has 0 N–H and O–H groups in total. The van der Waals surface area contributed by atoms with Crippen LogP contribution in [0.5, 0.6) is 0 Å². The average Bonchev–Trinajstić information content (AvgIpc) is 2.44. The Morgan fingerprint density at radius 3 is 2.00 bits per heavy atom. The normalized spacial score (nSPS) is 10.4. The molecule has 2 aromatic carbocycles. The first-order chi connectivity index (χ1) is 9.90. The van der Waals surface area contributed by atoms with Gasteiger partial charge in [0.2, 0.25) is 0 Å². The van der Waals surface area contributed by atoms with Gasteiger partial charge in [0.25, 0.3) is 11.4 Å². The van der Waals surface area contributed by atoms with Gasteiger partial charge in [-0.25, -0.2) is 0 Å². The number of nitro groups is 2. The molecule has 0 aliphatic rings. The minimum atomic E-state index is -0.617. The Morgan fingerprint density at radius 1 is 0.857 bits per heavy atom. The van der Waals surface area contributed by atoms with Gasteiger partial charge in [-0.3, -0.25) is 20.2 Å². The Bertz CT molecular complexity index is 722. The second kappa shape index (κ2) is 6.30. The van der Waals surface area contributed by atoms with Crippen molar-refractivity contribution in [3.8, 4) is 0 Å². The zero-order chi connectivity index (χ0) is 15.6. The van der Waals surface area contributed by atoms with E-state index in [4.69, 9.17) is 23.2 Å². The summed E-state index contributed by atoms with van der Waals surface area (Å²) < 4.78 is 0. The van der Waals surface area contributed by atoms with Crippen LogP contribution >= 0.6 is 35.0 Å². The summed E-state index contributed by atoms with van der Waals surface area (Å²) in [5.41, 5.74) is -0.290. The van der Waals surface area contributed by atoms with Crippen LogP contribution in [0.2, 0.25) is 10.0 Å². The van der Waals surface area contributed by atoms with E-state index in [1.165, 1.54) is 36.0 Å². The zero-order valence-corrected chi connectivity index (χ0v) is 12.5. The summed E-state index contributed by atoms with van der Waals surface area (Å²) >= 11 is 13.1. The van der Waals surface area contributed by atoms with E-state index in [1.54, 1.807) is 12.1 Å². The maximum atomic E-state index is 10.7. The molecule has 0 aromatic heterocycles. The summed E-state index contributed by atoms with van der Waals surface area (Å²) in [5, 5.41) is 21.3. The lowest BCUT2D eigenvalue weighted by molar-refractivity contribution is -0.385. The molecule has 0 atom stereocenters. The molecule has 0 fully saturated rings. The van der Waals surface area contributed by atoms with Gasteiger partial charge in [0.05, 0.1) is 14.9 Å². The van der Waals surface area contributed by atoms with Gasteiger partial charge in [0.1, 0.15) is 5.02 Å². The summed E-state index contributed by atoms with van der Waals surface area (Å²) in [4.78, 5) is 21.4. The third kappa shape index (κ3) is 3.44. The van der Waals surface area contributed by atoms with Crippen molar-refractivity contribution < 1.29 is 9.85 Å². The lowest BCUT2D eigenvalue weighted by Gasteiger charge is -2.06. The topological polar surface area (TPSA) is 86.3 Å². The van der Waals surface area contributed by atoms with Gasteiger partial charge in [-0.05, 0) is 18.2 Å². The van der Waals surface area contributed by atoms with Crippen LogP contribution in [0.3, 0.4) is 0 Å². The Labute approximate surface area is 133 Å². The average molecular weight is 345 g/mol. The smallest absolute Gasteiger partial charge is 0.258 e. The van der Waals surface area contributed by atoms with E-state index in [1.807, 2.05) is 0 Å². The van der Waals surface area contributed by atoms with Crippen molar-refractivity contribution in [1.29, 1.82) is 0 Å². The van der Waals surface area contributed by atoms with E-state index >= 15 is 0 Å². The summed E-state index contributed by atoms with van der Waals surface area (Å²) in [5.74, 6) is 0. The molecular formula is C12H6Cl2N2O4S. The molecule has 108 valence electrons. The predicted molar refractivity (Wildman–Crippen MR) is 80.3 cm³/mol. The highest BCUT2D eigenvalue weighted by molar-refractivity contribution is 7.99. The molecule has 0 bridgehead atoms. The van der Waals surface area contributed by atoms with Crippen molar-refractivity contribution in [2.45, 2.75) is 9.79 Å². The van der Waals surface area contributed by atoms with Gasteiger partial charge in [-0.1, -0.05) is 35.0 Å². The molecule has 0 spiro atoms. The third-order valence-corrected chi connectivity index (χ3v) is 4.55. The number of halogens is 2. The van der Waals surface area contributed by atoms with Crippen molar-refractivity contribution in [3.63, 3.8) is 0 Å². The van der Waals surface area contributed by atoms with Crippen LogP contribution in [-0.2, 0) is 0 Å². The number of hydrogen-bond acceptors (Lipinski definition) is 5. The fourth-order valence-corrected chi connectivity index (χ4v) is 2.92. The second-order valence-electron chi connectivity index (χ2n) is 3.82. The molecule has 0 saturated heterocycles. The number of hydrogen-bond donors (Lipinski definition) is 0. The molecule has 9 heteroatoms. The third-order valence-electron chi connectivity index (χ3n) is 2.50. The Hall–Kier alpha value is -1.83. The van der Waals surface area contributed by atoms with Gasteiger partial charge in [0.15, 0.2) is 0 Å². The van der Waals surface area contributed by atoms with Gasteiger partial charge in [-0.15, -0.1) is 0 Å². The summed E-state index contributed by atoms with van der Waals surface area (Å²) in [7, 11) is 0. The van der Waals surface area contributed by atoms with E-state index in [-0.39, 0.29) is 21.4 Å². The summed E-state index contributed by atoms with van der Waals surface area (Å²) in [6, 6.07) is 8.61. The van der Waals surface area contributed by atoms with Gasteiger partial charge >= 0.3 is 0 Å². The second-order valence-corrected chi connectivity index (χ2v) is 5.69. The standard InChI is InChI=1S/C12H6Cl2N2O4S/c13-11-9(16(19)20)5-6-10(12(11)14)21-8-3-1-7(2-4-8)15(17)18/h1-6H. The predicted octanol–water partition coefficient (Wildman–Crippen LogP) is 4.96. The lowest BCUT2D eigenvalue weighted by Crippen LogP contribution is -1.90. The highest BCUT2D eigenvalue weighted by Crippen LogP contribution is 2.41. The minimum absolute atomic E-state index is 0.0211. The lowest BCUT2D eigenvalue weighted by atomic mass is 10.3. The van der Waals surface area contributed by atoms with Crippen LogP contribution in [0, 0.1) is 20.2 Å². The van der Waals surface area contributed by atoms with Crippen LogP contribution < -0.4 is 0 Å². The molecule has 6 nitrogen and oxygen atoms in total. The molecule has 21 heavy (non-hydrogen) atoms. The van der Waals surface area contributed by atoms with Gasteiger partial charge in [0, 0.05) is 28.0 Å². The summed E-state index contributed by atoms with van der Waals surface area (Å²) in [6.07, 6.45) is 0. The first-order valence-corrected chi connectivity index (χ1v) is 7.02. The molecule has 0 aliphatic carbocycles. The maximum Gasteiger partial charge on any atom is 0.289 e. The minimum Gasteiger partial charge on any atom is -0.258 e. The number of nitro benzene ring substituents is 2. The fourth-order valence-electron chi connectivity index (χ4n) is 1.50. The van der Waals surface area contributed by atoms with E-state index in [0.29, 0.717) is 9.79 Å². The highest BCUT2D eigenvalue weighted by atomic mass is 35.5. The van der Waals surface area contributed by atoms with Crippen LogP contribution in [0.15, 0.2) is 46.2 Å².